The van der Waals surface area contributed by atoms with Crippen molar-refractivity contribution in [3.05, 3.63) is 53.7 Å². The molecule has 0 radical (unpaired) electrons. The number of ketones is 1. The molecule has 0 amide bonds. The maximum Gasteiger partial charge on any atom is 0.303 e. The van der Waals surface area contributed by atoms with Crippen LogP contribution in [0.3, 0.4) is 0 Å². The summed E-state index contributed by atoms with van der Waals surface area (Å²) in [5.41, 5.74) is 1.63. The van der Waals surface area contributed by atoms with E-state index < -0.39 is 17.5 Å². The van der Waals surface area contributed by atoms with Gasteiger partial charge in [0.05, 0.1) is 19.0 Å². The van der Waals surface area contributed by atoms with Crippen LogP contribution in [0.15, 0.2) is 42.5 Å². The van der Waals surface area contributed by atoms with E-state index in [4.69, 9.17) is 9.84 Å². The van der Waals surface area contributed by atoms with Crippen molar-refractivity contribution in [2.24, 2.45) is 0 Å². The fraction of sp³-hybridized carbons (Fsp3) is 0.143. The zero-order chi connectivity index (χ0) is 20.3. The van der Waals surface area contributed by atoms with Crippen molar-refractivity contribution in [3.63, 3.8) is 0 Å². The molecule has 0 aliphatic carbocycles. The number of pyridine rings is 1. The molecule has 0 saturated heterocycles. The molecule has 0 bridgehead atoms. The number of benzene rings is 2. The lowest BCUT2D eigenvalue weighted by molar-refractivity contribution is -0.136. The average molecular weight is 376 g/mol. The van der Waals surface area contributed by atoms with E-state index in [0.717, 1.165) is 11.1 Å². The van der Waals surface area contributed by atoms with Gasteiger partial charge in [0.1, 0.15) is 23.1 Å². The molecule has 0 aliphatic rings. The van der Waals surface area contributed by atoms with Crippen molar-refractivity contribution >= 4 is 22.7 Å². The van der Waals surface area contributed by atoms with Crippen LogP contribution in [-0.4, -0.2) is 34.1 Å². The van der Waals surface area contributed by atoms with Crippen LogP contribution in [0, 0.1) is 11.3 Å². The molecule has 1 aromatic heterocycles. The number of carbonyl (C=O) groups is 2. The summed E-state index contributed by atoms with van der Waals surface area (Å²) in [5, 5.41) is 28.9. The van der Waals surface area contributed by atoms with Gasteiger partial charge in [-0.1, -0.05) is 24.3 Å². The molecule has 3 rings (SSSR count). The third-order valence-electron chi connectivity index (χ3n) is 4.31. The van der Waals surface area contributed by atoms with Gasteiger partial charge in [-0.2, -0.15) is 5.26 Å². The van der Waals surface area contributed by atoms with Gasteiger partial charge in [0, 0.05) is 11.8 Å². The maximum absolute atomic E-state index is 12.3. The summed E-state index contributed by atoms with van der Waals surface area (Å²) >= 11 is 0. The highest BCUT2D eigenvalue weighted by molar-refractivity contribution is 6.02. The van der Waals surface area contributed by atoms with Gasteiger partial charge >= 0.3 is 5.97 Å². The van der Waals surface area contributed by atoms with Gasteiger partial charge < -0.3 is 14.9 Å². The Hall–Kier alpha value is -3.92. The molecule has 28 heavy (non-hydrogen) atoms. The maximum atomic E-state index is 12.3. The highest BCUT2D eigenvalue weighted by Gasteiger charge is 2.20. The number of ether oxygens (including phenoxy) is 1. The third kappa shape index (κ3) is 3.62. The van der Waals surface area contributed by atoms with Gasteiger partial charge in [-0.15, -0.1) is 0 Å². The second-order valence-corrected chi connectivity index (χ2v) is 6.08. The fourth-order valence-electron chi connectivity index (χ4n) is 2.88. The molecule has 1 heterocycles. The van der Waals surface area contributed by atoms with Crippen LogP contribution in [-0.2, 0) is 4.79 Å². The van der Waals surface area contributed by atoms with Gasteiger partial charge in [-0.05, 0) is 29.3 Å². The van der Waals surface area contributed by atoms with E-state index in [-0.39, 0.29) is 24.1 Å². The van der Waals surface area contributed by atoms with Gasteiger partial charge in [-0.3, -0.25) is 9.59 Å². The van der Waals surface area contributed by atoms with E-state index in [2.05, 4.69) is 4.98 Å². The summed E-state index contributed by atoms with van der Waals surface area (Å²) < 4.78 is 5.23. The monoisotopic (exact) mass is 376 g/mol. The van der Waals surface area contributed by atoms with Gasteiger partial charge in [0.15, 0.2) is 11.5 Å². The zero-order valence-corrected chi connectivity index (χ0v) is 15.0. The Balaban J connectivity index is 2.14. The van der Waals surface area contributed by atoms with Gasteiger partial charge in [0.25, 0.3) is 0 Å². The van der Waals surface area contributed by atoms with Crippen molar-refractivity contribution in [2.75, 3.05) is 7.11 Å². The molecule has 0 unspecified atom stereocenters. The number of hydrogen-bond acceptors (Lipinski definition) is 6. The quantitative estimate of drug-likeness (QED) is 0.631. The minimum absolute atomic E-state index is 0.0686. The molecular formula is C21H16N2O5. The van der Waals surface area contributed by atoms with Crippen LogP contribution in [0.25, 0.3) is 22.0 Å². The Morgan fingerprint density at radius 1 is 1.14 bits per heavy atom. The van der Waals surface area contributed by atoms with E-state index in [1.54, 1.807) is 25.3 Å². The number of aromatic hydroxyl groups is 1. The minimum Gasteiger partial charge on any atom is -0.504 e. The Morgan fingerprint density at radius 2 is 1.89 bits per heavy atom. The largest absolute Gasteiger partial charge is 0.504 e. The van der Waals surface area contributed by atoms with E-state index in [1.165, 1.54) is 0 Å². The number of rotatable bonds is 6. The lowest BCUT2D eigenvalue weighted by atomic mass is 9.99. The van der Waals surface area contributed by atoms with Crippen LogP contribution in [0.2, 0.25) is 0 Å². The summed E-state index contributed by atoms with van der Waals surface area (Å²) in [6, 6.07) is 14.4. The van der Waals surface area contributed by atoms with E-state index in [9.17, 15) is 20.0 Å². The van der Waals surface area contributed by atoms with E-state index in [0.29, 0.717) is 16.7 Å². The van der Waals surface area contributed by atoms with Crippen LogP contribution in [0.1, 0.15) is 28.9 Å². The number of nitriles is 1. The van der Waals surface area contributed by atoms with Gasteiger partial charge in [0.2, 0.25) is 0 Å². The number of Topliss-reactive ketones (excluding diaryl/α,β-unsaturated/α-hetero) is 1. The minimum atomic E-state index is -1.13. The average Bonchev–Trinajstić information content (AvgIpc) is 2.71. The normalized spacial score (nSPS) is 10.4. The van der Waals surface area contributed by atoms with Crippen LogP contribution < -0.4 is 4.74 Å². The highest BCUT2D eigenvalue weighted by atomic mass is 16.5. The lowest BCUT2D eigenvalue weighted by Crippen LogP contribution is -2.07. The lowest BCUT2D eigenvalue weighted by Gasteiger charge is -2.10. The number of aliphatic carboxylic acids is 1. The number of carboxylic acids is 1. The van der Waals surface area contributed by atoms with Crippen molar-refractivity contribution in [3.8, 4) is 28.7 Å². The second kappa shape index (κ2) is 7.76. The first kappa shape index (κ1) is 18.9. The molecule has 2 aromatic carbocycles. The zero-order valence-electron chi connectivity index (χ0n) is 15.0. The Labute approximate surface area is 160 Å². The molecule has 0 saturated carbocycles. The van der Waals surface area contributed by atoms with Gasteiger partial charge in [-0.25, -0.2) is 4.98 Å². The Morgan fingerprint density at radius 3 is 2.57 bits per heavy atom. The third-order valence-corrected chi connectivity index (χ3v) is 4.31. The number of nitrogens with zero attached hydrogens (tertiary/aromatic N) is 2. The van der Waals surface area contributed by atoms with E-state index in [1.807, 2.05) is 30.3 Å². The van der Waals surface area contributed by atoms with Crippen molar-refractivity contribution < 1.29 is 24.5 Å². The van der Waals surface area contributed by atoms with Crippen molar-refractivity contribution in [2.45, 2.75) is 12.8 Å². The number of fused-ring (bicyclic) bond motifs is 1. The van der Waals surface area contributed by atoms with Crippen LogP contribution in [0.4, 0.5) is 0 Å². The van der Waals surface area contributed by atoms with Crippen molar-refractivity contribution in [1.29, 1.82) is 5.26 Å². The fourth-order valence-corrected chi connectivity index (χ4v) is 2.88. The molecule has 2 N–H and O–H groups in total. The predicted molar refractivity (Wildman–Crippen MR) is 101 cm³/mol. The predicted octanol–water partition coefficient (Wildman–Crippen LogP) is 3.54. The number of aromatic nitrogens is 1. The number of hydrogen-bond donors (Lipinski definition) is 2. The molecule has 7 nitrogen and oxygen atoms in total. The molecule has 7 heteroatoms. The topological polar surface area (TPSA) is 121 Å². The Bertz CT molecular complexity index is 1130. The van der Waals surface area contributed by atoms with Crippen LogP contribution in [0.5, 0.6) is 11.5 Å². The number of carbonyl (C=O) groups excluding carboxylic acids is 1. The standard InChI is InChI=1S/C21H16N2O5/c1-28-14-4-2-3-12(9-14)13-5-6-15-16(11-22)21(27)20(23-17(15)10-13)18(24)7-8-19(25)26/h2-6,9-10,27H,7-8H2,1H3,(H,25,26). The van der Waals surface area contributed by atoms with Crippen LogP contribution >= 0.6 is 0 Å². The highest BCUT2D eigenvalue weighted by Crippen LogP contribution is 2.32. The van der Waals surface area contributed by atoms with Crippen molar-refractivity contribution in [1.82, 2.24) is 4.98 Å². The molecule has 0 atom stereocenters. The number of methoxy groups -OCH3 is 1. The smallest absolute Gasteiger partial charge is 0.303 e. The summed E-state index contributed by atoms with van der Waals surface area (Å²) in [7, 11) is 1.57. The summed E-state index contributed by atoms with van der Waals surface area (Å²) in [6.45, 7) is 0. The SMILES string of the molecule is COc1cccc(-c2ccc3c(C#N)c(O)c(C(=O)CCC(=O)O)nc3c2)c1. The second-order valence-electron chi connectivity index (χ2n) is 6.08. The first-order chi connectivity index (χ1) is 13.4. The molecular weight excluding hydrogens is 360 g/mol. The Kier molecular flexibility index (Phi) is 5.23. The summed E-state index contributed by atoms with van der Waals surface area (Å²) in [6.07, 6.45) is -0.703. The summed E-state index contributed by atoms with van der Waals surface area (Å²) in [4.78, 5) is 27.2. The molecule has 0 fully saturated rings. The molecule has 0 spiro atoms. The molecule has 3 aromatic rings. The first-order valence-electron chi connectivity index (χ1n) is 8.41. The molecule has 0 aliphatic heterocycles. The first-order valence-corrected chi connectivity index (χ1v) is 8.41. The summed E-state index contributed by atoms with van der Waals surface area (Å²) in [5.74, 6) is -1.61. The molecule has 140 valence electrons. The number of carboxylic acid groups (broad SMARTS) is 1. The van der Waals surface area contributed by atoms with E-state index >= 15 is 0 Å².